The van der Waals surface area contributed by atoms with E-state index in [1.807, 2.05) is 13.0 Å². The minimum Gasteiger partial charge on any atom is -0.494 e. The Balaban J connectivity index is 2.22. The van der Waals surface area contributed by atoms with E-state index in [0.29, 0.717) is 18.0 Å². The molecular weight excluding hydrogens is 249 g/mol. The minimum absolute atomic E-state index is 0.0385. The van der Waals surface area contributed by atoms with Crippen LogP contribution >= 0.6 is 0 Å². The van der Waals surface area contributed by atoms with Crippen LogP contribution in [0.1, 0.15) is 6.92 Å². The number of benzene rings is 1. The molecule has 0 bridgehead atoms. The summed E-state index contributed by atoms with van der Waals surface area (Å²) >= 11 is 0. The molecule has 7 heteroatoms. The highest BCUT2D eigenvalue weighted by atomic mass is 19.1. The molecule has 0 aliphatic rings. The maximum atomic E-state index is 13.6. The van der Waals surface area contributed by atoms with Gasteiger partial charge in [0.15, 0.2) is 11.6 Å². The molecule has 0 unspecified atom stereocenters. The minimum atomic E-state index is -0.569. The Bertz CT molecular complexity index is 564. The Kier molecular flexibility index (Phi) is 4.09. The molecule has 1 aromatic carbocycles. The number of nitrogens with one attached hydrogen (secondary N) is 2. The predicted octanol–water partition coefficient (Wildman–Crippen LogP) is 2.04. The Morgan fingerprint density at radius 2 is 2.26 bits per heavy atom. The van der Waals surface area contributed by atoms with Crippen LogP contribution < -0.4 is 21.3 Å². The van der Waals surface area contributed by atoms with Crippen LogP contribution in [0.3, 0.4) is 0 Å². The van der Waals surface area contributed by atoms with E-state index in [9.17, 15) is 4.39 Å². The lowest BCUT2D eigenvalue weighted by molar-refractivity contribution is 0.340. The van der Waals surface area contributed by atoms with Gasteiger partial charge < -0.3 is 10.1 Å². The maximum absolute atomic E-state index is 13.6. The van der Waals surface area contributed by atoms with Crippen LogP contribution in [0.2, 0.25) is 0 Å². The highest BCUT2D eigenvalue weighted by Gasteiger charge is 2.07. The molecule has 0 amide bonds. The van der Waals surface area contributed by atoms with Crippen LogP contribution in [-0.2, 0) is 0 Å². The maximum Gasteiger partial charge on any atom is 0.239 e. The third kappa shape index (κ3) is 3.29. The van der Waals surface area contributed by atoms with Gasteiger partial charge in [0.1, 0.15) is 5.75 Å². The van der Waals surface area contributed by atoms with Gasteiger partial charge >= 0.3 is 0 Å². The molecule has 0 saturated heterocycles. The molecule has 2 aromatic rings. The number of halogens is 1. The second kappa shape index (κ2) is 5.96. The van der Waals surface area contributed by atoms with Crippen molar-refractivity contribution >= 4 is 17.5 Å². The quantitative estimate of drug-likeness (QED) is 0.565. The molecule has 19 heavy (non-hydrogen) atoms. The number of nitrogen functional groups attached to an aromatic ring is 1. The molecule has 100 valence electrons. The van der Waals surface area contributed by atoms with E-state index < -0.39 is 5.82 Å². The van der Waals surface area contributed by atoms with Gasteiger partial charge in [-0.25, -0.2) is 15.2 Å². The summed E-state index contributed by atoms with van der Waals surface area (Å²) < 4.78 is 18.9. The number of hydrogen-bond donors (Lipinski definition) is 3. The number of nitrogens with zero attached hydrogens (tertiary/aromatic N) is 2. The molecule has 4 N–H and O–H groups in total. The van der Waals surface area contributed by atoms with Crippen molar-refractivity contribution in [3.8, 4) is 5.75 Å². The summed E-state index contributed by atoms with van der Waals surface area (Å²) in [5.74, 6) is 5.47. The standard InChI is InChI=1S/C12H14FN5O/c1-2-19-9-5-3-4-8(6-9)16-11-10(13)7-15-12(17-11)18-14/h3-7H,2,14H2,1H3,(H2,15,16,17,18). The zero-order valence-electron chi connectivity index (χ0n) is 10.4. The van der Waals surface area contributed by atoms with E-state index in [1.54, 1.807) is 18.2 Å². The second-order valence-electron chi connectivity index (χ2n) is 3.62. The van der Waals surface area contributed by atoms with Crippen molar-refractivity contribution in [3.05, 3.63) is 36.3 Å². The lowest BCUT2D eigenvalue weighted by Gasteiger charge is -2.09. The molecule has 2 rings (SSSR count). The highest BCUT2D eigenvalue weighted by molar-refractivity contribution is 5.59. The summed E-state index contributed by atoms with van der Waals surface area (Å²) in [5.41, 5.74) is 2.92. The van der Waals surface area contributed by atoms with E-state index in [2.05, 4.69) is 20.7 Å². The smallest absolute Gasteiger partial charge is 0.239 e. The lowest BCUT2D eigenvalue weighted by Crippen LogP contribution is -2.12. The average molecular weight is 263 g/mol. The summed E-state index contributed by atoms with van der Waals surface area (Å²) in [6.45, 7) is 2.45. The first-order valence-electron chi connectivity index (χ1n) is 5.72. The van der Waals surface area contributed by atoms with Crippen molar-refractivity contribution in [2.45, 2.75) is 6.92 Å². The van der Waals surface area contributed by atoms with Crippen LogP contribution in [0.25, 0.3) is 0 Å². The molecule has 0 aliphatic heterocycles. The number of nitrogens with two attached hydrogens (primary N) is 1. The third-order valence-electron chi connectivity index (χ3n) is 2.28. The molecule has 1 heterocycles. The number of hydrogen-bond acceptors (Lipinski definition) is 6. The second-order valence-corrected chi connectivity index (χ2v) is 3.62. The monoisotopic (exact) mass is 263 g/mol. The molecule has 0 fully saturated rings. The first kappa shape index (κ1) is 13.0. The fourth-order valence-corrected chi connectivity index (χ4v) is 1.49. The van der Waals surface area contributed by atoms with Crippen LogP contribution in [0.4, 0.5) is 21.8 Å². The van der Waals surface area contributed by atoms with Crippen LogP contribution in [0.15, 0.2) is 30.5 Å². The van der Waals surface area contributed by atoms with Gasteiger partial charge in [-0.15, -0.1) is 0 Å². The van der Waals surface area contributed by atoms with E-state index in [1.165, 1.54) is 0 Å². The van der Waals surface area contributed by atoms with Crippen LogP contribution in [-0.4, -0.2) is 16.6 Å². The number of ether oxygens (including phenoxy) is 1. The molecule has 1 aromatic heterocycles. The molecule has 0 radical (unpaired) electrons. The van der Waals surface area contributed by atoms with Gasteiger partial charge in [0, 0.05) is 11.8 Å². The molecule has 0 atom stereocenters. The Labute approximate surface area is 109 Å². The van der Waals surface area contributed by atoms with Gasteiger partial charge in [0.2, 0.25) is 5.95 Å². The first-order valence-corrected chi connectivity index (χ1v) is 5.72. The molecule has 0 aliphatic carbocycles. The zero-order chi connectivity index (χ0) is 13.7. The topological polar surface area (TPSA) is 85.1 Å². The molecule has 6 nitrogen and oxygen atoms in total. The summed E-state index contributed by atoms with van der Waals surface area (Å²) in [7, 11) is 0. The molecule has 0 spiro atoms. The highest BCUT2D eigenvalue weighted by Crippen LogP contribution is 2.22. The summed E-state index contributed by atoms with van der Waals surface area (Å²) in [5, 5.41) is 2.84. The summed E-state index contributed by atoms with van der Waals surface area (Å²) in [6.07, 6.45) is 1.04. The van der Waals surface area contributed by atoms with E-state index >= 15 is 0 Å². The van der Waals surface area contributed by atoms with Crippen molar-refractivity contribution in [2.24, 2.45) is 5.84 Å². The largest absolute Gasteiger partial charge is 0.494 e. The Morgan fingerprint density at radius 1 is 1.42 bits per heavy atom. The van der Waals surface area contributed by atoms with E-state index in [4.69, 9.17) is 10.6 Å². The lowest BCUT2D eigenvalue weighted by atomic mass is 10.3. The van der Waals surface area contributed by atoms with Crippen molar-refractivity contribution < 1.29 is 9.13 Å². The normalized spacial score (nSPS) is 10.1. The van der Waals surface area contributed by atoms with E-state index in [-0.39, 0.29) is 11.8 Å². The van der Waals surface area contributed by atoms with Gasteiger partial charge in [-0.2, -0.15) is 4.98 Å². The van der Waals surface area contributed by atoms with Gasteiger partial charge in [-0.1, -0.05) is 6.07 Å². The van der Waals surface area contributed by atoms with E-state index in [0.717, 1.165) is 6.20 Å². The Hall–Kier alpha value is -2.41. The number of aromatic nitrogens is 2. The number of hydrazine groups is 1. The van der Waals surface area contributed by atoms with Crippen LogP contribution in [0, 0.1) is 5.82 Å². The first-order chi connectivity index (χ1) is 9.22. The van der Waals surface area contributed by atoms with Crippen molar-refractivity contribution in [1.29, 1.82) is 0 Å². The predicted molar refractivity (Wildman–Crippen MR) is 70.7 cm³/mol. The zero-order valence-corrected chi connectivity index (χ0v) is 10.4. The Morgan fingerprint density at radius 3 is 3.00 bits per heavy atom. The SMILES string of the molecule is CCOc1cccc(Nc2nc(NN)ncc2F)c1. The van der Waals surface area contributed by atoms with Gasteiger partial charge in [-0.05, 0) is 19.1 Å². The summed E-state index contributed by atoms with van der Waals surface area (Å²) in [6, 6.07) is 7.15. The van der Waals surface area contributed by atoms with Gasteiger partial charge in [0.05, 0.1) is 12.8 Å². The number of anilines is 3. The molecular formula is C12H14FN5O. The van der Waals surface area contributed by atoms with Crippen LogP contribution in [0.5, 0.6) is 5.75 Å². The molecule has 0 saturated carbocycles. The van der Waals surface area contributed by atoms with Crippen molar-refractivity contribution in [1.82, 2.24) is 9.97 Å². The van der Waals surface area contributed by atoms with Crippen molar-refractivity contribution in [2.75, 3.05) is 17.3 Å². The van der Waals surface area contributed by atoms with Crippen molar-refractivity contribution in [3.63, 3.8) is 0 Å². The van der Waals surface area contributed by atoms with Gasteiger partial charge in [-0.3, -0.25) is 5.43 Å². The fourth-order valence-electron chi connectivity index (χ4n) is 1.49. The average Bonchev–Trinajstić information content (AvgIpc) is 2.42. The van der Waals surface area contributed by atoms with Gasteiger partial charge in [0.25, 0.3) is 0 Å². The number of rotatable bonds is 5. The fraction of sp³-hybridized carbons (Fsp3) is 0.167. The summed E-state index contributed by atoms with van der Waals surface area (Å²) in [4.78, 5) is 7.55. The third-order valence-corrected chi connectivity index (χ3v) is 2.28.